The average molecular weight is 221 g/mol. The van der Waals surface area contributed by atoms with E-state index >= 15 is 0 Å². The van der Waals surface area contributed by atoms with E-state index in [1.54, 1.807) is 0 Å². The van der Waals surface area contributed by atoms with Crippen LogP contribution in [0.5, 0.6) is 0 Å². The zero-order valence-electron chi connectivity index (χ0n) is 9.16. The Balaban J connectivity index is 1.81. The summed E-state index contributed by atoms with van der Waals surface area (Å²) < 4.78 is 18.8. The second-order valence-corrected chi connectivity index (χ2v) is 4.66. The predicted molar refractivity (Wildman–Crippen MR) is 59.7 cm³/mol. The molecule has 3 heteroatoms. The van der Waals surface area contributed by atoms with Crippen LogP contribution in [0, 0.1) is 5.82 Å². The van der Waals surface area contributed by atoms with Crippen LogP contribution >= 0.6 is 0 Å². The molecular weight excluding hydrogens is 205 g/mol. The summed E-state index contributed by atoms with van der Waals surface area (Å²) in [5.74, 6) is -0.179. The molecule has 0 amide bonds. The minimum absolute atomic E-state index is 0.179. The number of halogens is 1. The first-order valence-electron chi connectivity index (χ1n) is 5.97. The van der Waals surface area contributed by atoms with Gasteiger partial charge in [0, 0.05) is 6.54 Å². The molecule has 2 bridgehead atoms. The van der Waals surface area contributed by atoms with Gasteiger partial charge >= 0.3 is 0 Å². The molecule has 2 saturated heterocycles. The Kier molecular flexibility index (Phi) is 2.65. The maximum absolute atomic E-state index is 12.9. The van der Waals surface area contributed by atoms with Crippen LogP contribution in [0.1, 0.15) is 30.9 Å². The molecule has 86 valence electrons. The summed E-state index contributed by atoms with van der Waals surface area (Å²) in [5, 5.41) is 3.51. The summed E-state index contributed by atoms with van der Waals surface area (Å²) in [7, 11) is 0. The average Bonchev–Trinajstić information content (AvgIpc) is 2.31. The van der Waals surface area contributed by atoms with Gasteiger partial charge in [0.15, 0.2) is 0 Å². The van der Waals surface area contributed by atoms with Crippen molar-refractivity contribution in [2.45, 2.75) is 37.5 Å². The molecular formula is C13H16FNO. The third-order valence-corrected chi connectivity index (χ3v) is 3.55. The molecule has 2 aliphatic heterocycles. The second-order valence-electron chi connectivity index (χ2n) is 4.66. The molecule has 2 heterocycles. The first-order valence-corrected chi connectivity index (χ1v) is 5.97. The molecule has 3 atom stereocenters. The van der Waals surface area contributed by atoms with E-state index in [2.05, 4.69) is 5.32 Å². The highest BCUT2D eigenvalue weighted by atomic mass is 19.1. The van der Waals surface area contributed by atoms with Gasteiger partial charge in [-0.2, -0.15) is 0 Å². The summed E-state index contributed by atoms with van der Waals surface area (Å²) in [6, 6.07) is 6.98. The Morgan fingerprint density at radius 1 is 1.19 bits per heavy atom. The Morgan fingerprint density at radius 3 is 2.81 bits per heavy atom. The van der Waals surface area contributed by atoms with E-state index in [0.717, 1.165) is 18.5 Å². The zero-order chi connectivity index (χ0) is 11.0. The molecule has 1 N–H and O–H groups in total. The standard InChI is InChI=1S/C13H16FNO/c14-10-6-4-9(5-7-10)13-12-3-1-2-11(16-12)8-15-13/h4-7,11-13,15H,1-3,8H2/t11?,12-,13?/m1/s1. The lowest BCUT2D eigenvalue weighted by Crippen LogP contribution is -2.49. The van der Waals surface area contributed by atoms with Gasteiger partial charge in [-0.1, -0.05) is 12.1 Å². The van der Waals surface area contributed by atoms with Crippen molar-refractivity contribution in [3.63, 3.8) is 0 Å². The first-order chi connectivity index (χ1) is 7.83. The van der Waals surface area contributed by atoms with Crippen molar-refractivity contribution >= 4 is 0 Å². The maximum atomic E-state index is 12.9. The maximum Gasteiger partial charge on any atom is 0.123 e. The predicted octanol–water partition coefficient (Wildman–Crippen LogP) is 2.41. The molecule has 2 aliphatic rings. The van der Waals surface area contributed by atoms with Crippen LogP contribution in [0.3, 0.4) is 0 Å². The molecule has 2 unspecified atom stereocenters. The van der Waals surface area contributed by atoms with Crippen molar-refractivity contribution in [1.82, 2.24) is 5.32 Å². The Morgan fingerprint density at radius 2 is 2.00 bits per heavy atom. The van der Waals surface area contributed by atoms with Crippen molar-refractivity contribution < 1.29 is 9.13 Å². The minimum Gasteiger partial charge on any atom is -0.372 e. The van der Waals surface area contributed by atoms with E-state index in [0.29, 0.717) is 6.10 Å². The quantitative estimate of drug-likeness (QED) is 0.786. The highest BCUT2D eigenvalue weighted by Crippen LogP contribution is 2.32. The smallest absolute Gasteiger partial charge is 0.123 e. The number of benzene rings is 1. The largest absolute Gasteiger partial charge is 0.372 e. The number of morpholine rings is 1. The Hall–Kier alpha value is -0.930. The fourth-order valence-electron chi connectivity index (χ4n) is 2.72. The summed E-state index contributed by atoms with van der Waals surface area (Å²) in [6.45, 7) is 0.915. The van der Waals surface area contributed by atoms with Gasteiger partial charge in [-0.25, -0.2) is 4.39 Å². The molecule has 1 aromatic rings. The lowest BCUT2D eigenvalue weighted by molar-refractivity contribution is -0.0953. The van der Waals surface area contributed by atoms with Crippen LogP contribution < -0.4 is 5.32 Å². The van der Waals surface area contributed by atoms with E-state index in [1.165, 1.54) is 25.0 Å². The van der Waals surface area contributed by atoms with E-state index in [1.807, 2.05) is 12.1 Å². The molecule has 2 nitrogen and oxygen atoms in total. The van der Waals surface area contributed by atoms with E-state index in [9.17, 15) is 4.39 Å². The molecule has 0 spiro atoms. The molecule has 2 fully saturated rings. The van der Waals surface area contributed by atoms with Crippen molar-refractivity contribution in [1.29, 1.82) is 0 Å². The highest BCUT2D eigenvalue weighted by molar-refractivity contribution is 5.22. The van der Waals surface area contributed by atoms with E-state index in [4.69, 9.17) is 4.74 Å². The van der Waals surface area contributed by atoms with Crippen LogP contribution in [-0.4, -0.2) is 18.8 Å². The second kappa shape index (κ2) is 4.15. The first kappa shape index (κ1) is 10.2. The van der Waals surface area contributed by atoms with Crippen molar-refractivity contribution in [2.24, 2.45) is 0 Å². The molecule has 1 aromatic carbocycles. The van der Waals surface area contributed by atoms with Crippen molar-refractivity contribution in [3.8, 4) is 0 Å². The van der Waals surface area contributed by atoms with Gasteiger partial charge < -0.3 is 10.1 Å². The van der Waals surface area contributed by atoms with Crippen molar-refractivity contribution in [3.05, 3.63) is 35.6 Å². The molecule has 0 aromatic heterocycles. The number of nitrogens with one attached hydrogen (secondary N) is 1. The summed E-state index contributed by atoms with van der Waals surface area (Å²) in [6.07, 6.45) is 4.16. The minimum atomic E-state index is -0.179. The lowest BCUT2D eigenvalue weighted by atomic mass is 9.91. The van der Waals surface area contributed by atoms with Gasteiger partial charge in [0.1, 0.15) is 5.82 Å². The van der Waals surface area contributed by atoms with E-state index in [-0.39, 0.29) is 18.0 Å². The van der Waals surface area contributed by atoms with Crippen LogP contribution in [0.15, 0.2) is 24.3 Å². The van der Waals surface area contributed by atoms with Crippen LogP contribution in [0.4, 0.5) is 4.39 Å². The number of rotatable bonds is 1. The summed E-state index contributed by atoms with van der Waals surface area (Å²) >= 11 is 0. The van der Waals surface area contributed by atoms with Crippen molar-refractivity contribution in [2.75, 3.05) is 6.54 Å². The molecule has 3 rings (SSSR count). The third kappa shape index (κ3) is 1.85. The highest BCUT2D eigenvalue weighted by Gasteiger charge is 2.34. The van der Waals surface area contributed by atoms with Gasteiger partial charge in [0.25, 0.3) is 0 Å². The number of fused-ring (bicyclic) bond motifs is 2. The number of ether oxygens (including phenoxy) is 1. The van der Waals surface area contributed by atoms with Gasteiger partial charge in [-0.15, -0.1) is 0 Å². The van der Waals surface area contributed by atoms with E-state index < -0.39 is 0 Å². The fourth-order valence-corrected chi connectivity index (χ4v) is 2.72. The topological polar surface area (TPSA) is 21.3 Å². The molecule has 0 aliphatic carbocycles. The zero-order valence-corrected chi connectivity index (χ0v) is 9.16. The fraction of sp³-hybridized carbons (Fsp3) is 0.538. The van der Waals surface area contributed by atoms with Crippen LogP contribution in [-0.2, 0) is 4.74 Å². The van der Waals surface area contributed by atoms with Crippen LogP contribution in [0.2, 0.25) is 0 Å². The normalized spacial score (nSPS) is 33.7. The molecule has 16 heavy (non-hydrogen) atoms. The summed E-state index contributed by atoms with van der Waals surface area (Å²) in [5.41, 5.74) is 1.13. The molecule has 0 radical (unpaired) electrons. The Labute approximate surface area is 94.8 Å². The molecule has 0 saturated carbocycles. The van der Waals surface area contributed by atoms with Gasteiger partial charge in [-0.3, -0.25) is 0 Å². The summed E-state index contributed by atoms with van der Waals surface area (Å²) in [4.78, 5) is 0. The van der Waals surface area contributed by atoms with Gasteiger partial charge in [0.2, 0.25) is 0 Å². The number of hydrogen-bond acceptors (Lipinski definition) is 2. The SMILES string of the molecule is Fc1ccc(C2NCC3CCC[C@H]2O3)cc1. The Bertz CT molecular complexity index is 365. The monoisotopic (exact) mass is 221 g/mol. The number of hydrogen-bond donors (Lipinski definition) is 1. The van der Waals surface area contributed by atoms with Gasteiger partial charge in [-0.05, 0) is 37.0 Å². The third-order valence-electron chi connectivity index (χ3n) is 3.55. The van der Waals surface area contributed by atoms with Gasteiger partial charge in [0.05, 0.1) is 18.2 Å². The lowest BCUT2D eigenvalue weighted by Gasteiger charge is -2.41. The van der Waals surface area contributed by atoms with Crippen LogP contribution in [0.25, 0.3) is 0 Å².